The number of anilines is 1. The lowest BCUT2D eigenvalue weighted by molar-refractivity contribution is -0.120. The summed E-state index contributed by atoms with van der Waals surface area (Å²) < 4.78 is 0. The third kappa shape index (κ3) is 3.86. The van der Waals surface area contributed by atoms with Crippen molar-refractivity contribution >= 4 is 17.5 Å². The molecule has 1 fully saturated rings. The van der Waals surface area contributed by atoms with Crippen molar-refractivity contribution in [2.45, 2.75) is 26.2 Å². The Kier molecular flexibility index (Phi) is 4.78. The fourth-order valence-corrected chi connectivity index (χ4v) is 2.12. The first-order valence-electron chi connectivity index (χ1n) is 6.80. The van der Waals surface area contributed by atoms with E-state index in [2.05, 4.69) is 17.2 Å². The molecule has 0 aliphatic carbocycles. The summed E-state index contributed by atoms with van der Waals surface area (Å²) in [6.45, 7) is 2.61. The van der Waals surface area contributed by atoms with Gasteiger partial charge in [0.1, 0.15) is 0 Å². The van der Waals surface area contributed by atoms with Gasteiger partial charge in [-0.2, -0.15) is 0 Å². The topological polar surface area (TPSA) is 49.4 Å². The second-order valence-electron chi connectivity index (χ2n) is 4.76. The van der Waals surface area contributed by atoms with Crippen LogP contribution >= 0.6 is 0 Å². The van der Waals surface area contributed by atoms with Gasteiger partial charge in [0.2, 0.25) is 11.8 Å². The fraction of sp³-hybridized carbons (Fsp3) is 0.375. The van der Waals surface area contributed by atoms with E-state index in [9.17, 15) is 9.59 Å². The average molecular weight is 270 g/mol. The molecule has 0 atom stereocenters. The molecule has 0 aromatic heterocycles. The third-order valence-corrected chi connectivity index (χ3v) is 3.16. The molecule has 1 aromatic carbocycles. The lowest BCUT2D eigenvalue weighted by atomic mass is 10.1. The molecule has 1 aliphatic heterocycles. The van der Waals surface area contributed by atoms with Crippen LogP contribution in [0.15, 0.2) is 24.3 Å². The third-order valence-electron chi connectivity index (χ3n) is 3.16. The van der Waals surface area contributed by atoms with Gasteiger partial charge in [-0.3, -0.25) is 9.59 Å². The average Bonchev–Trinajstić information content (AvgIpc) is 2.45. The van der Waals surface area contributed by atoms with E-state index < -0.39 is 0 Å². The molecule has 0 radical (unpaired) electrons. The van der Waals surface area contributed by atoms with Crippen molar-refractivity contribution < 1.29 is 9.59 Å². The number of piperidine rings is 1. The largest absolute Gasteiger partial charge is 0.345 e. The number of carbonyl (C=O) groups excluding carboxylic acids is 2. The molecular formula is C16H18N2O2. The van der Waals surface area contributed by atoms with Gasteiger partial charge in [-0.1, -0.05) is 11.8 Å². The van der Waals surface area contributed by atoms with Crippen LogP contribution in [0.1, 0.15) is 31.7 Å². The Bertz CT molecular complexity index is 552. The number of hydrogen-bond donors (Lipinski definition) is 1. The van der Waals surface area contributed by atoms with Crippen molar-refractivity contribution in [3.05, 3.63) is 29.8 Å². The molecule has 2 rings (SSSR count). The number of hydrogen-bond acceptors (Lipinski definition) is 2. The quantitative estimate of drug-likeness (QED) is 0.831. The van der Waals surface area contributed by atoms with E-state index in [1.807, 2.05) is 29.2 Å². The maximum Gasteiger partial charge on any atom is 0.226 e. The van der Waals surface area contributed by atoms with Crippen LogP contribution in [0.2, 0.25) is 0 Å². The van der Waals surface area contributed by atoms with Crippen LogP contribution in [0.25, 0.3) is 0 Å². The molecule has 1 heterocycles. The van der Waals surface area contributed by atoms with E-state index in [0.29, 0.717) is 13.0 Å². The Morgan fingerprint density at radius 1 is 1.30 bits per heavy atom. The molecule has 1 aromatic rings. The lowest BCUT2D eigenvalue weighted by Crippen LogP contribution is -2.35. The van der Waals surface area contributed by atoms with Crippen LogP contribution in [0, 0.1) is 11.8 Å². The summed E-state index contributed by atoms with van der Waals surface area (Å²) in [6.07, 6.45) is 2.68. The van der Waals surface area contributed by atoms with Gasteiger partial charge in [-0.15, -0.1) is 0 Å². The van der Waals surface area contributed by atoms with Gasteiger partial charge >= 0.3 is 0 Å². The predicted octanol–water partition coefficient (Wildman–Crippen LogP) is 1.69. The van der Waals surface area contributed by atoms with Crippen molar-refractivity contribution in [2.24, 2.45) is 0 Å². The molecule has 1 saturated heterocycles. The monoisotopic (exact) mass is 270 g/mol. The zero-order chi connectivity index (χ0) is 14.4. The van der Waals surface area contributed by atoms with Gasteiger partial charge in [0, 0.05) is 31.1 Å². The Balaban J connectivity index is 1.99. The zero-order valence-electron chi connectivity index (χ0n) is 11.6. The normalized spacial score (nSPS) is 14.4. The summed E-state index contributed by atoms with van der Waals surface area (Å²) >= 11 is 0. The smallest absolute Gasteiger partial charge is 0.226 e. The number of benzene rings is 1. The molecular weight excluding hydrogens is 252 g/mol. The Hall–Kier alpha value is -2.28. The molecule has 20 heavy (non-hydrogen) atoms. The van der Waals surface area contributed by atoms with Crippen molar-refractivity contribution in [1.29, 1.82) is 0 Å². The molecule has 104 valence electrons. The molecule has 0 bridgehead atoms. The standard InChI is InChI=1S/C16H18N2O2/c1-13(19)17-11-4-5-14-7-9-15(10-8-14)18-12-3-2-6-16(18)20/h7-10H,2-3,6,11-12H2,1H3,(H,17,19). The van der Waals surface area contributed by atoms with Gasteiger partial charge in [0.15, 0.2) is 0 Å². The van der Waals surface area contributed by atoms with Crippen LogP contribution in [0.5, 0.6) is 0 Å². The number of nitrogens with one attached hydrogen (secondary N) is 1. The minimum absolute atomic E-state index is 0.0849. The molecule has 4 nitrogen and oxygen atoms in total. The molecule has 0 saturated carbocycles. The molecule has 4 heteroatoms. The lowest BCUT2D eigenvalue weighted by Gasteiger charge is -2.26. The number of rotatable bonds is 2. The molecule has 0 unspecified atom stereocenters. The first kappa shape index (κ1) is 14.1. The van der Waals surface area contributed by atoms with Crippen LogP contribution in [0.3, 0.4) is 0 Å². The van der Waals surface area contributed by atoms with E-state index >= 15 is 0 Å². The second-order valence-corrected chi connectivity index (χ2v) is 4.76. The summed E-state index contributed by atoms with van der Waals surface area (Å²) in [5, 5.41) is 2.62. The summed E-state index contributed by atoms with van der Waals surface area (Å²) in [7, 11) is 0. The fourth-order valence-electron chi connectivity index (χ4n) is 2.12. The number of carbonyl (C=O) groups is 2. The maximum atomic E-state index is 11.8. The number of amides is 2. The summed E-state index contributed by atoms with van der Waals surface area (Å²) in [5.74, 6) is 5.96. The highest BCUT2D eigenvalue weighted by Crippen LogP contribution is 2.20. The highest BCUT2D eigenvalue weighted by atomic mass is 16.2. The van der Waals surface area contributed by atoms with Crippen LogP contribution < -0.4 is 10.2 Å². The molecule has 2 amide bonds. The van der Waals surface area contributed by atoms with Gasteiger partial charge in [0.05, 0.1) is 6.54 Å². The SMILES string of the molecule is CC(=O)NCC#Cc1ccc(N2CCCCC2=O)cc1. The van der Waals surface area contributed by atoms with E-state index in [1.54, 1.807) is 0 Å². The minimum Gasteiger partial charge on any atom is -0.345 e. The van der Waals surface area contributed by atoms with Crippen molar-refractivity contribution in [3.63, 3.8) is 0 Å². The van der Waals surface area contributed by atoms with Crippen LogP contribution in [0.4, 0.5) is 5.69 Å². The zero-order valence-corrected chi connectivity index (χ0v) is 11.6. The summed E-state index contributed by atoms with van der Waals surface area (Å²) in [5.41, 5.74) is 1.81. The minimum atomic E-state index is -0.0849. The first-order chi connectivity index (χ1) is 9.66. The highest BCUT2D eigenvalue weighted by Gasteiger charge is 2.18. The van der Waals surface area contributed by atoms with Crippen LogP contribution in [-0.4, -0.2) is 24.9 Å². The van der Waals surface area contributed by atoms with Gasteiger partial charge in [-0.05, 0) is 37.1 Å². The predicted molar refractivity (Wildman–Crippen MR) is 78.2 cm³/mol. The van der Waals surface area contributed by atoms with E-state index in [0.717, 1.165) is 30.6 Å². The van der Waals surface area contributed by atoms with Gasteiger partial charge in [-0.25, -0.2) is 0 Å². The molecule has 0 spiro atoms. The van der Waals surface area contributed by atoms with Crippen LogP contribution in [-0.2, 0) is 9.59 Å². The Labute approximate surface area is 119 Å². The van der Waals surface area contributed by atoms with Gasteiger partial charge in [0.25, 0.3) is 0 Å². The first-order valence-corrected chi connectivity index (χ1v) is 6.80. The number of nitrogens with zero attached hydrogens (tertiary/aromatic N) is 1. The summed E-state index contributed by atoms with van der Waals surface area (Å²) in [4.78, 5) is 24.3. The summed E-state index contributed by atoms with van der Waals surface area (Å²) in [6, 6.07) is 7.65. The second kappa shape index (κ2) is 6.76. The maximum absolute atomic E-state index is 11.8. The highest BCUT2D eigenvalue weighted by molar-refractivity contribution is 5.94. The van der Waals surface area contributed by atoms with Gasteiger partial charge < -0.3 is 10.2 Å². The molecule has 1 N–H and O–H groups in total. The van der Waals surface area contributed by atoms with Crippen molar-refractivity contribution in [1.82, 2.24) is 5.32 Å². The van der Waals surface area contributed by atoms with E-state index in [4.69, 9.17) is 0 Å². The van der Waals surface area contributed by atoms with E-state index in [1.165, 1.54) is 6.92 Å². The Morgan fingerprint density at radius 3 is 2.70 bits per heavy atom. The van der Waals surface area contributed by atoms with Crippen molar-refractivity contribution in [3.8, 4) is 11.8 Å². The van der Waals surface area contributed by atoms with E-state index in [-0.39, 0.29) is 11.8 Å². The Morgan fingerprint density at radius 2 is 2.05 bits per heavy atom. The molecule has 1 aliphatic rings. The van der Waals surface area contributed by atoms with Crippen molar-refractivity contribution in [2.75, 3.05) is 18.0 Å².